The molecule has 0 aliphatic heterocycles. The molecule has 2 aromatic heterocycles. The van der Waals surface area contributed by atoms with Crippen LogP contribution in [0.3, 0.4) is 0 Å². The maximum Gasteiger partial charge on any atom is 0.216 e. The van der Waals surface area contributed by atoms with Gasteiger partial charge >= 0.3 is 0 Å². The lowest BCUT2D eigenvalue weighted by atomic mass is 10.1. The molecule has 0 unspecified atom stereocenters. The molecule has 3 aromatic carbocycles. The first-order valence-electron chi connectivity index (χ1n) is 9.34. The molecule has 0 N–H and O–H groups in total. The van der Waals surface area contributed by atoms with E-state index in [2.05, 4.69) is 22.8 Å². The maximum atomic E-state index is 12.7. The van der Waals surface area contributed by atoms with Crippen molar-refractivity contribution >= 4 is 22.6 Å². The lowest BCUT2D eigenvalue weighted by molar-refractivity contribution is 0.101. The molecule has 0 radical (unpaired) electrons. The van der Waals surface area contributed by atoms with Gasteiger partial charge in [0.2, 0.25) is 5.78 Å². The molecule has 2 heterocycles. The van der Waals surface area contributed by atoms with Gasteiger partial charge in [-0.15, -0.1) is 0 Å². The second-order valence-corrected chi connectivity index (χ2v) is 6.93. The molecule has 0 saturated heterocycles. The topological polar surface area (TPSA) is 39.3 Å². The number of nitrogens with zero attached hydrogens (tertiary/aromatic N) is 3. The summed E-state index contributed by atoms with van der Waals surface area (Å²) in [7, 11) is 0. The quantitative estimate of drug-likeness (QED) is 0.410. The number of carbonyl (C=O) groups is 1. The van der Waals surface area contributed by atoms with Crippen molar-refractivity contribution in [2.75, 3.05) is 0 Å². The zero-order chi connectivity index (χ0) is 19.1. The van der Waals surface area contributed by atoms with Crippen LogP contribution < -0.4 is 0 Å². The zero-order valence-corrected chi connectivity index (χ0v) is 15.5. The summed E-state index contributed by atoms with van der Waals surface area (Å²) in [6, 6.07) is 28.4. The van der Waals surface area contributed by atoms with Gasteiger partial charge in [-0.1, -0.05) is 72.8 Å². The fraction of sp³-hybridized carbons (Fsp3) is 0.0833. The SMILES string of the molecule is CC(=O)c1c(-c2ccccc2)nc2n(Cc3ccccc3)c3ccccc3n12. The van der Waals surface area contributed by atoms with Crippen LogP contribution in [0, 0.1) is 0 Å². The average molecular weight is 365 g/mol. The van der Waals surface area contributed by atoms with Crippen molar-refractivity contribution in [3.63, 3.8) is 0 Å². The molecule has 0 aliphatic carbocycles. The molecule has 28 heavy (non-hydrogen) atoms. The number of fused-ring (bicyclic) bond motifs is 3. The Morgan fingerprint density at radius 3 is 2.11 bits per heavy atom. The van der Waals surface area contributed by atoms with Gasteiger partial charge in [-0.2, -0.15) is 0 Å². The average Bonchev–Trinajstić information content (AvgIpc) is 3.26. The number of aromatic nitrogens is 3. The van der Waals surface area contributed by atoms with E-state index in [1.807, 2.05) is 71.1 Å². The third kappa shape index (κ3) is 2.54. The van der Waals surface area contributed by atoms with E-state index in [9.17, 15) is 4.79 Å². The van der Waals surface area contributed by atoms with E-state index >= 15 is 0 Å². The smallest absolute Gasteiger partial charge is 0.216 e. The second kappa shape index (κ2) is 6.50. The molecule has 0 spiro atoms. The van der Waals surface area contributed by atoms with Crippen molar-refractivity contribution in [1.82, 2.24) is 14.0 Å². The Morgan fingerprint density at radius 1 is 0.821 bits per heavy atom. The molecule has 0 atom stereocenters. The van der Waals surface area contributed by atoms with Gasteiger partial charge in [0.05, 0.1) is 17.6 Å². The number of Topliss-reactive ketones (excluding diaryl/α,β-unsaturated/α-hetero) is 1. The van der Waals surface area contributed by atoms with Gasteiger partial charge in [0, 0.05) is 12.5 Å². The van der Waals surface area contributed by atoms with Crippen LogP contribution in [-0.4, -0.2) is 19.7 Å². The molecule has 0 saturated carbocycles. The minimum Gasteiger partial charge on any atom is -0.305 e. The summed E-state index contributed by atoms with van der Waals surface area (Å²) in [5, 5.41) is 0. The van der Waals surface area contributed by atoms with Gasteiger partial charge in [-0.3, -0.25) is 9.20 Å². The molecule has 0 bridgehead atoms. The molecule has 136 valence electrons. The largest absolute Gasteiger partial charge is 0.305 e. The summed E-state index contributed by atoms with van der Waals surface area (Å²) in [6.07, 6.45) is 0. The van der Waals surface area contributed by atoms with E-state index in [-0.39, 0.29) is 5.78 Å². The van der Waals surface area contributed by atoms with Gasteiger partial charge in [-0.25, -0.2) is 4.98 Å². The summed E-state index contributed by atoms with van der Waals surface area (Å²) >= 11 is 0. The summed E-state index contributed by atoms with van der Waals surface area (Å²) in [6.45, 7) is 2.31. The number of hydrogen-bond donors (Lipinski definition) is 0. The van der Waals surface area contributed by atoms with E-state index in [4.69, 9.17) is 4.98 Å². The maximum absolute atomic E-state index is 12.7. The van der Waals surface area contributed by atoms with Crippen molar-refractivity contribution in [2.45, 2.75) is 13.5 Å². The van der Waals surface area contributed by atoms with Crippen molar-refractivity contribution < 1.29 is 4.79 Å². The summed E-state index contributed by atoms with van der Waals surface area (Å²) < 4.78 is 4.19. The molecule has 4 heteroatoms. The molecule has 5 aromatic rings. The number of hydrogen-bond acceptors (Lipinski definition) is 2. The highest BCUT2D eigenvalue weighted by atomic mass is 16.1. The number of imidazole rings is 2. The summed E-state index contributed by atoms with van der Waals surface area (Å²) in [4.78, 5) is 17.6. The fourth-order valence-electron chi connectivity index (χ4n) is 3.85. The monoisotopic (exact) mass is 365 g/mol. The lowest BCUT2D eigenvalue weighted by Gasteiger charge is -2.05. The van der Waals surface area contributed by atoms with E-state index in [1.54, 1.807) is 6.92 Å². The Balaban J connectivity index is 1.85. The van der Waals surface area contributed by atoms with Crippen LogP contribution in [0.5, 0.6) is 0 Å². The van der Waals surface area contributed by atoms with Gasteiger partial charge in [-0.05, 0) is 17.7 Å². The lowest BCUT2D eigenvalue weighted by Crippen LogP contribution is -2.00. The van der Waals surface area contributed by atoms with Crippen LogP contribution in [0.15, 0.2) is 84.9 Å². The number of carbonyl (C=O) groups excluding carboxylic acids is 1. The number of benzene rings is 3. The molecular weight excluding hydrogens is 346 g/mol. The predicted molar refractivity (Wildman–Crippen MR) is 112 cm³/mol. The van der Waals surface area contributed by atoms with Crippen molar-refractivity contribution in [3.8, 4) is 11.3 Å². The van der Waals surface area contributed by atoms with Crippen LogP contribution in [0.2, 0.25) is 0 Å². The van der Waals surface area contributed by atoms with Crippen molar-refractivity contribution in [3.05, 3.63) is 96.2 Å². The summed E-state index contributed by atoms with van der Waals surface area (Å²) in [5.41, 5.74) is 5.57. The highest BCUT2D eigenvalue weighted by molar-refractivity contribution is 6.01. The third-order valence-corrected chi connectivity index (χ3v) is 5.08. The highest BCUT2D eigenvalue weighted by Crippen LogP contribution is 2.30. The van der Waals surface area contributed by atoms with Crippen LogP contribution in [0.4, 0.5) is 0 Å². The zero-order valence-electron chi connectivity index (χ0n) is 15.5. The third-order valence-electron chi connectivity index (χ3n) is 5.08. The molecule has 0 aliphatic rings. The van der Waals surface area contributed by atoms with E-state index in [0.29, 0.717) is 12.2 Å². The Bertz CT molecular complexity index is 1300. The Morgan fingerprint density at radius 2 is 1.43 bits per heavy atom. The van der Waals surface area contributed by atoms with E-state index in [1.165, 1.54) is 5.56 Å². The fourth-order valence-corrected chi connectivity index (χ4v) is 3.85. The number of ketones is 1. The minimum atomic E-state index is 0.00830. The number of para-hydroxylation sites is 2. The molecule has 5 rings (SSSR count). The molecular formula is C24H19N3O. The normalized spacial score (nSPS) is 11.3. The molecule has 0 fully saturated rings. The Kier molecular flexibility index (Phi) is 3.83. The van der Waals surface area contributed by atoms with Gasteiger partial charge < -0.3 is 4.57 Å². The van der Waals surface area contributed by atoms with Crippen molar-refractivity contribution in [1.29, 1.82) is 0 Å². The summed E-state index contributed by atoms with van der Waals surface area (Å²) in [5.74, 6) is 0.795. The van der Waals surface area contributed by atoms with E-state index < -0.39 is 0 Å². The van der Waals surface area contributed by atoms with Crippen LogP contribution in [0.1, 0.15) is 23.0 Å². The van der Waals surface area contributed by atoms with Gasteiger partial charge in [0.15, 0.2) is 5.78 Å². The van der Waals surface area contributed by atoms with Crippen LogP contribution in [0.25, 0.3) is 28.1 Å². The first kappa shape index (κ1) is 16.5. The Labute approximate surface area is 162 Å². The predicted octanol–water partition coefficient (Wildman–Crippen LogP) is 5.21. The molecule has 4 nitrogen and oxygen atoms in total. The first-order chi connectivity index (χ1) is 13.7. The number of rotatable bonds is 4. The highest BCUT2D eigenvalue weighted by Gasteiger charge is 2.23. The molecule has 0 amide bonds. The first-order valence-corrected chi connectivity index (χ1v) is 9.34. The van der Waals surface area contributed by atoms with Crippen LogP contribution >= 0.6 is 0 Å². The van der Waals surface area contributed by atoms with E-state index in [0.717, 1.165) is 28.1 Å². The standard InChI is InChI=1S/C24H19N3O/c1-17(28)23-22(19-12-6-3-7-13-19)25-24-26(16-18-10-4-2-5-11-18)20-14-8-9-15-21(20)27(23)24/h2-15H,16H2,1H3. The van der Waals surface area contributed by atoms with Gasteiger partial charge in [0.1, 0.15) is 11.4 Å². The minimum absolute atomic E-state index is 0.00830. The van der Waals surface area contributed by atoms with Crippen LogP contribution in [-0.2, 0) is 6.54 Å². The van der Waals surface area contributed by atoms with Gasteiger partial charge in [0.25, 0.3) is 0 Å². The Hall–Kier alpha value is -3.66. The second-order valence-electron chi connectivity index (χ2n) is 6.93. The van der Waals surface area contributed by atoms with Crippen molar-refractivity contribution in [2.24, 2.45) is 0 Å².